The monoisotopic (exact) mass is 1530 g/mol. The van der Waals surface area contributed by atoms with Crippen LogP contribution in [0.5, 0.6) is 0 Å². The molecule has 0 amide bonds. The van der Waals surface area contributed by atoms with E-state index < -0.39 is 24.5 Å². The Balaban J connectivity index is 0.000000229. The maximum absolute atomic E-state index is 13.3. The van der Waals surface area contributed by atoms with E-state index in [2.05, 4.69) is 31.4 Å². The Labute approximate surface area is 670 Å². The van der Waals surface area contributed by atoms with E-state index in [9.17, 15) is 39.0 Å². The summed E-state index contributed by atoms with van der Waals surface area (Å²) in [6, 6.07) is 20.0. The summed E-state index contributed by atoms with van der Waals surface area (Å²) in [4.78, 5) is 111. The number of anilines is 5. The second-order valence-corrected chi connectivity index (χ2v) is 26.3. The Hall–Kier alpha value is -8.32. The number of ether oxygens (including phenoxy) is 1. The average Bonchev–Trinajstić information content (AvgIpc) is 1.01. The SMILES string of the molecule is CCCCn1ccnc1C.CCOC(=O)Cn1c2nc(Cl)ccc2c(=O)c2ccc(Cl)c(N(C)C)c21.Cc1nccn1CCN(C)c1ccc2c(=O)c3ccc(Cl)c(N(C)C)c3n(CC(=O)O)c2n1.Cc1nccn1CCN(C)c1ccc2c(=O)c3ccc(Cl)c(N(C)C)c3n(CC(=O)[O-])c2n1.[Na+].[Na+].[OH-]. The van der Waals surface area contributed by atoms with Crippen molar-refractivity contribution in [2.75, 3.05) is 101 Å². The van der Waals surface area contributed by atoms with Gasteiger partial charge in [0.05, 0.1) is 84.0 Å². The molecule has 9 heterocycles. The first-order valence-electron chi connectivity index (χ1n) is 32.6. The number of hydrogen-bond acceptors (Lipinski definition) is 20. The van der Waals surface area contributed by atoms with Crippen LogP contribution in [0.4, 0.5) is 28.7 Å². The smallest absolute Gasteiger partial charge is 0.870 e. The molecule has 33 heteroatoms. The number of carbonyl (C=O) groups excluding carboxylic acids is 2. The minimum atomic E-state index is -1.29. The van der Waals surface area contributed by atoms with E-state index >= 15 is 0 Å². The molecular formula is C72H81Cl4N17Na2O10. The zero-order valence-electron chi connectivity index (χ0n) is 61.4. The Morgan fingerprint density at radius 2 is 0.829 bits per heavy atom. The van der Waals surface area contributed by atoms with Gasteiger partial charge in [0.2, 0.25) is 0 Å². The van der Waals surface area contributed by atoms with Crippen LogP contribution in [0.25, 0.3) is 65.8 Å². The number of hydrogen-bond donors (Lipinski definition) is 1. The summed E-state index contributed by atoms with van der Waals surface area (Å²) < 4.78 is 16.0. The van der Waals surface area contributed by atoms with Crippen molar-refractivity contribution in [3.05, 3.63) is 178 Å². The summed E-state index contributed by atoms with van der Waals surface area (Å²) in [5, 5.41) is 25.1. The number of carboxylic acid groups (broad SMARTS) is 2. The molecule has 0 saturated heterocycles. The molecule has 0 fully saturated rings. The minimum Gasteiger partial charge on any atom is -0.870 e. The van der Waals surface area contributed by atoms with Gasteiger partial charge in [-0.2, -0.15) is 0 Å². The normalized spacial score (nSPS) is 10.8. The molecule has 9 aromatic heterocycles. The molecule has 0 unspecified atom stereocenters. The number of imidazole rings is 3. The van der Waals surface area contributed by atoms with Gasteiger partial charge < -0.3 is 77.1 Å². The van der Waals surface area contributed by atoms with Crippen molar-refractivity contribution in [2.45, 2.75) is 86.7 Å². The van der Waals surface area contributed by atoms with Gasteiger partial charge in [-0.05, 0) is 107 Å². The Kier molecular flexibility index (Phi) is 30.8. The largest absolute Gasteiger partial charge is 1.00 e. The predicted octanol–water partition coefficient (Wildman–Crippen LogP) is 3.96. The van der Waals surface area contributed by atoms with Crippen LogP contribution in [0.2, 0.25) is 20.2 Å². The summed E-state index contributed by atoms with van der Waals surface area (Å²) in [7, 11) is 14.6. The summed E-state index contributed by atoms with van der Waals surface area (Å²) >= 11 is 25.3. The third-order valence-electron chi connectivity index (χ3n) is 17.1. The number of aliphatic carboxylic acids is 2. The molecule has 0 atom stereocenters. The van der Waals surface area contributed by atoms with E-state index in [4.69, 9.17) is 61.1 Å². The second kappa shape index (κ2) is 37.8. The second-order valence-electron chi connectivity index (χ2n) is 24.7. The zero-order valence-corrected chi connectivity index (χ0v) is 68.5. The molecule has 105 heavy (non-hydrogen) atoms. The van der Waals surface area contributed by atoms with E-state index in [-0.39, 0.29) is 111 Å². The number of pyridine rings is 6. The number of fused-ring (bicyclic) bond motifs is 6. The molecule has 544 valence electrons. The standard InChI is InChI=1S/2C23H25ClN6O3.C18H17Cl2N3O3.C8H14N2.2Na.H2O/c2*1-14-25-9-10-29(14)12-11-28(4)18-8-6-16-22(33)15-5-7-17(24)21(27(2)3)20(15)30(13-19(31)32)23(16)26-18;1-4-26-14(24)9-23-15-10(5-7-12(19)16(15)22(2)3)17(25)11-6-8-13(20)21-18(11)23;1-3-4-6-10-7-5-9-8(10)2;;;/h2*5-10H,11-13H2,1-4H3,(H,31,32);5-8H,4,9H2,1-3H3;5,7H,3-4,6H2,1-2H3;;;1H2/q;;;;2*+1;/p-2. The zero-order chi connectivity index (χ0) is 74.1. The van der Waals surface area contributed by atoms with E-state index in [0.29, 0.717) is 130 Å². The van der Waals surface area contributed by atoms with Crippen LogP contribution in [-0.4, -0.2) is 162 Å². The molecule has 0 bridgehead atoms. The summed E-state index contributed by atoms with van der Waals surface area (Å²) in [5.41, 5.74) is 3.38. The third kappa shape index (κ3) is 19.3. The number of likely N-dealkylation sites (N-methyl/N-ethyl adjacent to an activating group) is 2. The predicted molar refractivity (Wildman–Crippen MR) is 407 cm³/mol. The molecule has 0 saturated carbocycles. The van der Waals surface area contributed by atoms with Crippen molar-refractivity contribution in [1.82, 2.24) is 57.3 Å². The first-order chi connectivity index (χ1) is 48.6. The fourth-order valence-corrected chi connectivity index (χ4v) is 13.1. The Morgan fingerprint density at radius 1 is 0.486 bits per heavy atom. The van der Waals surface area contributed by atoms with Crippen molar-refractivity contribution in [3.63, 3.8) is 0 Å². The van der Waals surface area contributed by atoms with Gasteiger partial charge in [0.25, 0.3) is 0 Å². The van der Waals surface area contributed by atoms with Crippen molar-refractivity contribution in [3.8, 4) is 0 Å². The molecular weight excluding hydrogens is 1450 g/mol. The minimum absolute atomic E-state index is 0. The van der Waals surface area contributed by atoms with Gasteiger partial charge in [-0.3, -0.25) is 24.0 Å². The average molecular weight is 1530 g/mol. The van der Waals surface area contributed by atoms with Crippen molar-refractivity contribution < 1.29 is 93.9 Å². The van der Waals surface area contributed by atoms with Crippen molar-refractivity contribution >= 4 is 159 Å². The van der Waals surface area contributed by atoms with E-state index in [1.807, 2.05) is 92.7 Å². The van der Waals surface area contributed by atoms with Gasteiger partial charge in [-0.1, -0.05) is 59.7 Å². The van der Waals surface area contributed by atoms with E-state index in [1.165, 1.54) is 17.4 Å². The molecule has 2 N–H and O–H groups in total. The molecule has 0 spiro atoms. The van der Waals surface area contributed by atoms with Crippen molar-refractivity contribution in [2.24, 2.45) is 0 Å². The summed E-state index contributed by atoms with van der Waals surface area (Å²) in [6.45, 7) is 13.0. The van der Waals surface area contributed by atoms with Gasteiger partial charge >= 0.3 is 71.1 Å². The maximum atomic E-state index is 13.3. The van der Waals surface area contributed by atoms with Gasteiger partial charge in [0, 0.05) is 142 Å². The number of unbranched alkanes of at least 4 members (excludes halogenated alkanes) is 1. The molecule has 0 aliphatic heterocycles. The molecule has 0 aliphatic carbocycles. The van der Waals surface area contributed by atoms with Crippen LogP contribution >= 0.6 is 46.4 Å². The summed E-state index contributed by atoms with van der Waals surface area (Å²) in [6.07, 6.45) is 13.7. The summed E-state index contributed by atoms with van der Waals surface area (Å²) in [5.74, 6) is 1.43. The molecule has 0 aliphatic rings. The topological polar surface area (TPSA) is 308 Å². The van der Waals surface area contributed by atoms with Crippen molar-refractivity contribution in [1.29, 1.82) is 0 Å². The fraction of sp³-hybridized carbons (Fsp3) is 0.333. The number of aryl methyl sites for hydroxylation is 4. The number of rotatable bonds is 21. The number of carbonyl (C=O) groups is 3. The van der Waals surface area contributed by atoms with Crippen LogP contribution < -0.4 is 105 Å². The first kappa shape index (κ1) is 85.6. The number of carboxylic acids is 2. The Bertz CT molecular complexity index is 5110. The number of esters is 1. The van der Waals surface area contributed by atoms with E-state index in [1.54, 1.807) is 144 Å². The van der Waals surface area contributed by atoms with Crippen LogP contribution in [-0.2, 0) is 58.4 Å². The number of nitrogens with zero attached hydrogens (tertiary/aromatic N) is 17. The quantitative estimate of drug-likeness (QED) is 0.0460. The van der Waals surface area contributed by atoms with Crippen LogP contribution in [0.3, 0.4) is 0 Å². The molecule has 12 rings (SSSR count). The molecule has 12 aromatic rings. The van der Waals surface area contributed by atoms with Gasteiger partial charge in [0.1, 0.15) is 64.3 Å². The fourth-order valence-electron chi connectivity index (χ4n) is 12.0. The van der Waals surface area contributed by atoms with Crippen LogP contribution in [0.1, 0.15) is 44.2 Å². The maximum Gasteiger partial charge on any atom is 1.00 e. The van der Waals surface area contributed by atoms with Crippen LogP contribution in [0, 0.1) is 20.8 Å². The van der Waals surface area contributed by atoms with Gasteiger partial charge in [-0.25, -0.2) is 29.9 Å². The number of benzene rings is 3. The third-order valence-corrected chi connectivity index (χ3v) is 18.2. The molecule has 27 nitrogen and oxygen atoms in total. The Morgan fingerprint density at radius 3 is 1.16 bits per heavy atom. The van der Waals surface area contributed by atoms with Crippen LogP contribution in [0.15, 0.2) is 124 Å². The first-order valence-corrected chi connectivity index (χ1v) is 34.2. The van der Waals surface area contributed by atoms with Gasteiger partial charge in [0.15, 0.2) is 16.3 Å². The van der Waals surface area contributed by atoms with Gasteiger partial charge in [-0.15, -0.1) is 0 Å². The number of aromatic nitrogens is 12. The molecule has 3 aromatic carbocycles. The number of halogens is 4. The van der Waals surface area contributed by atoms with E-state index in [0.717, 1.165) is 24.0 Å². The molecule has 0 radical (unpaired) electrons.